The van der Waals surface area contributed by atoms with Gasteiger partial charge in [-0.15, -0.1) is 0 Å². The molecule has 0 radical (unpaired) electrons. The molecule has 0 aliphatic carbocycles. The summed E-state index contributed by atoms with van der Waals surface area (Å²) in [6, 6.07) is 13.6. The van der Waals surface area contributed by atoms with Crippen molar-refractivity contribution >= 4 is 28.1 Å². The van der Waals surface area contributed by atoms with E-state index in [1.165, 1.54) is 0 Å². The standard InChI is InChI=1S/C19H15N3OS/c23-19(15-2-1-14-4-7-21-18(14)10-15)22-11-13-3-6-20-17(9-13)16-5-8-24-12-16/h1-10,12,21H,11H2,(H,22,23). The third kappa shape index (κ3) is 2.94. The first kappa shape index (κ1) is 14.7. The molecule has 0 bridgehead atoms. The summed E-state index contributed by atoms with van der Waals surface area (Å²) >= 11 is 1.64. The fraction of sp³-hybridized carbons (Fsp3) is 0.0526. The predicted molar refractivity (Wildman–Crippen MR) is 97.0 cm³/mol. The van der Waals surface area contributed by atoms with Crippen molar-refractivity contribution in [2.24, 2.45) is 0 Å². The van der Waals surface area contributed by atoms with Crippen molar-refractivity contribution in [2.75, 3.05) is 0 Å². The summed E-state index contributed by atoms with van der Waals surface area (Å²) in [5.74, 6) is -0.0830. The van der Waals surface area contributed by atoms with Crippen molar-refractivity contribution < 1.29 is 4.79 Å². The number of hydrogen-bond acceptors (Lipinski definition) is 3. The average molecular weight is 333 g/mol. The van der Waals surface area contributed by atoms with Gasteiger partial charge in [0, 0.05) is 41.0 Å². The van der Waals surface area contributed by atoms with Gasteiger partial charge in [-0.1, -0.05) is 6.07 Å². The minimum atomic E-state index is -0.0830. The second-order valence-electron chi connectivity index (χ2n) is 5.52. The molecule has 3 aromatic heterocycles. The Bertz CT molecular complexity index is 989. The van der Waals surface area contributed by atoms with Gasteiger partial charge >= 0.3 is 0 Å². The molecule has 0 saturated heterocycles. The van der Waals surface area contributed by atoms with Crippen LogP contribution in [0.1, 0.15) is 15.9 Å². The minimum absolute atomic E-state index is 0.0830. The summed E-state index contributed by atoms with van der Waals surface area (Å²) < 4.78 is 0. The molecule has 3 heterocycles. The smallest absolute Gasteiger partial charge is 0.251 e. The van der Waals surface area contributed by atoms with E-state index in [1.54, 1.807) is 17.5 Å². The lowest BCUT2D eigenvalue weighted by Gasteiger charge is -2.07. The summed E-state index contributed by atoms with van der Waals surface area (Å²) in [4.78, 5) is 19.9. The van der Waals surface area contributed by atoms with E-state index in [4.69, 9.17) is 0 Å². The van der Waals surface area contributed by atoms with Crippen LogP contribution in [-0.2, 0) is 6.54 Å². The monoisotopic (exact) mass is 333 g/mol. The van der Waals surface area contributed by atoms with E-state index in [-0.39, 0.29) is 5.91 Å². The molecule has 0 spiro atoms. The number of amides is 1. The molecule has 0 aliphatic heterocycles. The lowest BCUT2D eigenvalue weighted by Crippen LogP contribution is -2.22. The van der Waals surface area contributed by atoms with Crippen molar-refractivity contribution in [3.8, 4) is 11.3 Å². The summed E-state index contributed by atoms with van der Waals surface area (Å²) in [5, 5.41) is 8.16. The molecule has 2 N–H and O–H groups in total. The first-order valence-electron chi connectivity index (χ1n) is 7.62. The van der Waals surface area contributed by atoms with E-state index in [0.29, 0.717) is 12.1 Å². The van der Waals surface area contributed by atoms with Gasteiger partial charge < -0.3 is 10.3 Å². The number of fused-ring (bicyclic) bond motifs is 1. The van der Waals surface area contributed by atoms with Crippen LogP contribution in [0.25, 0.3) is 22.2 Å². The largest absolute Gasteiger partial charge is 0.361 e. The molecule has 4 rings (SSSR count). The number of carbonyl (C=O) groups is 1. The Hall–Kier alpha value is -2.92. The topological polar surface area (TPSA) is 57.8 Å². The molecule has 4 aromatic rings. The maximum Gasteiger partial charge on any atom is 0.251 e. The molecular formula is C19H15N3OS. The van der Waals surface area contributed by atoms with E-state index < -0.39 is 0 Å². The summed E-state index contributed by atoms with van der Waals surface area (Å²) in [6.07, 6.45) is 3.65. The number of rotatable bonds is 4. The molecule has 4 nitrogen and oxygen atoms in total. The Labute approximate surface area is 143 Å². The normalized spacial score (nSPS) is 10.8. The number of hydrogen-bond donors (Lipinski definition) is 2. The van der Waals surface area contributed by atoms with Crippen LogP contribution >= 0.6 is 11.3 Å². The van der Waals surface area contributed by atoms with Gasteiger partial charge in [-0.05, 0) is 52.7 Å². The van der Waals surface area contributed by atoms with Gasteiger partial charge in [0.25, 0.3) is 5.91 Å². The maximum atomic E-state index is 12.4. The van der Waals surface area contributed by atoms with E-state index in [2.05, 4.69) is 20.7 Å². The van der Waals surface area contributed by atoms with Crippen LogP contribution in [0.15, 0.2) is 65.6 Å². The molecule has 0 atom stereocenters. The quantitative estimate of drug-likeness (QED) is 0.587. The van der Waals surface area contributed by atoms with Crippen molar-refractivity contribution in [1.29, 1.82) is 0 Å². The predicted octanol–water partition coefficient (Wildman–Crippen LogP) is 4.22. The van der Waals surface area contributed by atoms with Crippen LogP contribution < -0.4 is 5.32 Å². The molecule has 118 valence electrons. The molecule has 0 saturated carbocycles. The molecule has 0 fully saturated rings. The van der Waals surface area contributed by atoms with E-state index in [1.807, 2.05) is 54.0 Å². The number of benzene rings is 1. The molecule has 0 aliphatic rings. The lowest BCUT2D eigenvalue weighted by atomic mass is 10.1. The number of aromatic nitrogens is 2. The zero-order valence-corrected chi connectivity index (χ0v) is 13.6. The number of nitrogens with zero attached hydrogens (tertiary/aromatic N) is 1. The highest BCUT2D eigenvalue weighted by Crippen LogP contribution is 2.20. The first-order chi connectivity index (χ1) is 11.8. The van der Waals surface area contributed by atoms with Crippen LogP contribution in [0.2, 0.25) is 0 Å². The highest BCUT2D eigenvalue weighted by atomic mass is 32.1. The lowest BCUT2D eigenvalue weighted by molar-refractivity contribution is 0.0951. The van der Waals surface area contributed by atoms with Crippen LogP contribution in [0.3, 0.4) is 0 Å². The molecule has 5 heteroatoms. The van der Waals surface area contributed by atoms with Gasteiger partial charge in [-0.3, -0.25) is 9.78 Å². The first-order valence-corrected chi connectivity index (χ1v) is 8.57. The second-order valence-corrected chi connectivity index (χ2v) is 6.30. The Morgan fingerprint density at radius 2 is 2.12 bits per heavy atom. The van der Waals surface area contributed by atoms with Crippen molar-refractivity contribution in [1.82, 2.24) is 15.3 Å². The Morgan fingerprint density at radius 3 is 3.00 bits per heavy atom. The molecule has 0 unspecified atom stereocenters. The Kier molecular flexibility index (Phi) is 3.84. The molecular weight excluding hydrogens is 318 g/mol. The minimum Gasteiger partial charge on any atom is -0.361 e. The van der Waals surface area contributed by atoms with Crippen LogP contribution in [0.5, 0.6) is 0 Å². The van der Waals surface area contributed by atoms with Crippen LogP contribution in [-0.4, -0.2) is 15.9 Å². The highest BCUT2D eigenvalue weighted by molar-refractivity contribution is 7.08. The van der Waals surface area contributed by atoms with Gasteiger partial charge in [-0.25, -0.2) is 0 Å². The summed E-state index contributed by atoms with van der Waals surface area (Å²) in [6.45, 7) is 0.473. The summed E-state index contributed by atoms with van der Waals surface area (Å²) in [5.41, 5.74) is 4.67. The van der Waals surface area contributed by atoms with Gasteiger partial charge in [0.2, 0.25) is 0 Å². The van der Waals surface area contributed by atoms with Crippen molar-refractivity contribution in [2.45, 2.75) is 6.54 Å². The van der Waals surface area contributed by atoms with Gasteiger partial charge in [-0.2, -0.15) is 11.3 Å². The number of aromatic amines is 1. The second kappa shape index (κ2) is 6.29. The number of pyridine rings is 1. The van der Waals surface area contributed by atoms with Crippen molar-refractivity contribution in [3.05, 3.63) is 76.7 Å². The van der Waals surface area contributed by atoms with E-state index >= 15 is 0 Å². The Balaban J connectivity index is 1.48. The van der Waals surface area contributed by atoms with E-state index in [9.17, 15) is 4.79 Å². The zero-order chi connectivity index (χ0) is 16.4. The van der Waals surface area contributed by atoms with Crippen molar-refractivity contribution in [3.63, 3.8) is 0 Å². The highest BCUT2D eigenvalue weighted by Gasteiger charge is 2.07. The number of nitrogens with one attached hydrogen (secondary N) is 2. The Morgan fingerprint density at radius 1 is 1.17 bits per heavy atom. The number of H-pyrrole nitrogens is 1. The number of thiophene rings is 1. The SMILES string of the molecule is O=C(NCc1ccnc(-c2ccsc2)c1)c1ccc2cc[nH]c2c1. The maximum absolute atomic E-state index is 12.4. The van der Waals surface area contributed by atoms with Crippen LogP contribution in [0.4, 0.5) is 0 Å². The molecule has 24 heavy (non-hydrogen) atoms. The van der Waals surface area contributed by atoms with Gasteiger partial charge in [0.15, 0.2) is 0 Å². The van der Waals surface area contributed by atoms with Gasteiger partial charge in [0.05, 0.1) is 5.69 Å². The molecule has 1 aromatic carbocycles. The zero-order valence-electron chi connectivity index (χ0n) is 12.8. The summed E-state index contributed by atoms with van der Waals surface area (Å²) in [7, 11) is 0. The third-order valence-corrected chi connectivity index (χ3v) is 4.59. The number of carbonyl (C=O) groups excluding carboxylic acids is 1. The third-order valence-electron chi connectivity index (χ3n) is 3.91. The van der Waals surface area contributed by atoms with Gasteiger partial charge in [0.1, 0.15) is 0 Å². The fourth-order valence-electron chi connectivity index (χ4n) is 2.63. The fourth-order valence-corrected chi connectivity index (χ4v) is 3.28. The van der Waals surface area contributed by atoms with Crippen LogP contribution in [0, 0.1) is 0 Å². The average Bonchev–Trinajstić information content (AvgIpc) is 3.30. The van der Waals surface area contributed by atoms with E-state index in [0.717, 1.165) is 27.7 Å². The molecule has 1 amide bonds.